The van der Waals surface area contributed by atoms with E-state index in [1.165, 1.54) is 31.2 Å². The molecule has 0 heterocycles. The number of hydrogen-bond donors (Lipinski definition) is 4. The molecule has 4 heteroatoms. The maximum absolute atomic E-state index is 10.8. The van der Waals surface area contributed by atoms with Gasteiger partial charge in [0.25, 0.3) is 0 Å². The van der Waals surface area contributed by atoms with Gasteiger partial charge in [0.2, 0.25) is 0 Å². The molecule has 0 radical (unpaired) electrons. The van der Waals surface area contributed by atoms with Gasteiger partial charge in [0.15, 0.2) is 0 Å². The number of rotatable bonds is 3. The molecule has 0 aliphatic carbocycles. The molecule has 0 spiro atoms. The summed E-state index contributed by atoms with van der Waals surface area (Å²) in [5.74, 6) is 0.171. The standard InChI is InChI=1S/C15H16O4/c1-10(16)15(19,11-2-6-13(17)7-3-11)12-4-8-14(18)9-5-12/h2-10,16-19H,1H3. The molecule has 0 aliphatic rings. The van der Waals surface area contributed by atoms with Gasteiger partial charge in [0, 0.05) is 0 Å². The van der Waals surface area contributed by atoms with Crippen molar-refractivity contribution in [1.29, 1.82) is 0 Å². The lowest BCUT2D eigenvalue weighted by molar-refractivity contribution is -0.0394. The lowest BCUT2D eigenvalue weighted by Crippen LogP contribution is -2.38. The SMILES string of the molecule is CC(O)C(O)(c1ccc(O)cc1)c1ccc(O)cc1. The molecule has 2 rings (SSSR count). The Bertz CT molecular complexity index is 498. The van der Waals surface area contributed by atoms with Crippen molar-refractivity contribution in [2.24, 2.45) is 0 Å². The van der Waals surface area contributed by atoms with Crippen LogP contribution in [0.15, 0.2) is 48.5 Å². The molecule has 0 amide bonds. The molecule has 0 bridgehead atoms. The Morgan fingerprint density at radius 2 is 1.11 bits per heavy atom. The summed E-state index contributed by atoms with van der Waals surface area (Å²) in [6, 6.07) is 12.0. The Morgan fingerprint density at radius 3 is 1.37 bits per heavy atom. The number of aliphatic hydroxyl groups is 2. The van der Waals surface area contributed by atoms with Gasteiger partial charge >= 0.3 is 0 Å². The normalized spacial score (nSPS) is 13.2. The highest BCUT2D eigenvalue weighted by Gasteiger charge is 2.36. The fourth-order valence-corrected chi connectivity index (χ4v) is 2.08. The monoisotopic (exact) mass is 260 g/mol. The van der Waals surface area contributed by atoms with Crippen LogP contribution in [0.25, 0.3) is 0 Å². The second-order valence-electron chi connectivity index (χ2n) is 4.54. The van der Waals surface area contributed by atoms with Crippen molar-refractivity contribution in [2.45, 2.75) is 18.6 Å². The predicted molar refractivity (Wildman–Crippen MR) is 70.9 cm³/mol. The molecule has 1 unspecified atom stereocenters. The van der Waals surface area contributed by atoms with Crippen LogP contribution < -0.4 is 0 Å². The van der Waals surface area contributed by atoms with E-state index in [0.717, 1.165) is 0 Å². The molecule has 4 N–H and O–H groups in total. The topological polar surface area (TPSA) is 80.9 Å². The van der Waals surface area contributed by atoms with Gasteiger partial charge in [0.1, 0.15) is 17.1 Å². The van der Waals surface area contributed by atoms with Crippen molar-refractivity contribution < 1.29 is 20.4 Å². The van der Waals surface area contributed by atoms with E-state index in [0.29, 0.717) is 11.1 Å². The minimum absolute atomic E-state index is 0.0856. The van der Waals surface area contributed by atoms with Gasteiger partial charge in [0.05, 0.1) is 6.10 Å². The summed E-state index contributed by atoms with van der Waals surface area (Å²) in [4.78, 5) is 0. The Morgan fingerprint density at radius 1 is 0.789 bits per heavy atom. The maximum Gasteiger partial charge on any atom is 0.140 e. The lowest BCUT2D eigenvalue weighted by atomic mass is 9.82. The first-order chi connectivity index (χ1) is 8.94. The average molecular weight is 260 g/mol. The number of hydrogen-bond acceptors (Lipinski definition) is 4. The van der Waals surface area contributed by atoms with E-state index < -0.39 is 11.7 Å². The molecule has 2 aromatic rings. The Kier molecular flexibility index (Phi) is 3.46. The maximum atomic E-state index is 10.8. The third-order valence-electron chi connectivity index (χ3n) is 3.22. The number of phenols is 2. The number of aromatic hydroxyl groups is 2. The minimum atomic E-state index is -1.60. The Balaban J connectivity index is 2.54. The molecule has 0 aromatic heterocycles. The van der Waals surface area contributed by atoms with Gasteiger partial charge < -0.3 is 20.4 Å². The molecule has 0 aliphatic heterocycles. The van der Waals surface area contributed by atoms with E-state index in [1.54, 1.807) is 24.3 Å². The summed E-state index contributed by atoms with van der Waals surface area (Å²) in [7, 11) is 0. The number of aliphatic hydroxyl groups excluding tert-OH is 1. The third-order valence-corrected chi connectivity index (χ3v) is 3.22. The van der Waals surface area contributed by atoms with Gasteiger partial charge in [-0.25, -0.2) is 0 Å². The molecular formula is C15H16O4. The predicted octanol–water partition coefficient (Wildman–Crippen LogP) is 1.71. The molecule has 0 saturated heterocycles. The van der Waals surface area contributed by atoms with Crippen LogP contribution in [0.3, 0.4) is 0 Å². The lowest BCUT2D eigenvalue weighted by Gasteiger charge is -2.32. The smallest absolute Gasteiger partial charge is 0.140 e. The van der Waals surface area contributed by atoms with Gasteiger partial charge in [-0.1, -0.05) is 24.3 Å². The van der Waals surface area contributed by atoms with Crippen molar-refractivity contribution in [3.8, 4) is 11.5 Å². The van der Waals surface area contributed by atoms with E-state index in [9.17, 15) is 20.4 Å². The Hall–Kier alpha value is -2.04. The molecule has 19 heavy (non-hydrogen) atoms. The summed E-state index contributed by atoms with van der Waals surface area (Å²) >= 11 is 0. The first-order valence-electron chi connectivity index (χ1n) is 5.94. The van der Waals surface area contributed by atoms with Crippen molar-refractivity contribution in [3.05, 3.63) is 59.7 Å². The van der Waals surface area contributed by atoms with Crippen LogP contribution in [0.4, 0.5) is 0 Å². The van der Waals surface area contributed by atoms with Gasteiger partial charge in [-0.15, -0.1) is 0 Å². The third kappa shape index (κ3) is 2.41. The highest BCUT2D eigenvalue weighted by molar-refractivity contribution is 5.41. The van der Waals surface area contributed by atoms with Crippen LogP contribution in [0.5, 0.6) is 11.5 Å². The van der Waals surface area contributed by atoms with Crippen LogP contribution in [0.1, 0.15) is 18.1 Å². The second-order valence-corrected chi connectivity index (χ2v) is 4.54. The molecular weight excluding hydrogens is 244 g/mol. The molecule has 100 valence electrons. The minimum Gasteiger partial charge on any atom is -0.508 e. The summed E-state index contributed by atoms with van der Waals surface area (Å²) in [5, 5.41) is 39.3. The fourth-order valence-electron chi connectivity index (χ4n) is 2.08. The van der Waals surface area contributed by atoms with Crippen molar-refractivity contribution in [2.75, 3.05) is 0 Å². The highest BCUT2D eigenvalue weighted by atomic mass is 16.3. The van der Waals surface area contributed by atoms with Crippen molar-refractivity contribution in [1.82, 2.24) is 0 Å². The second kappa shape index (κ2) is 4.91. The summed E-state index contributed by atoms with van der Waals surface area (Å²) in [5.41, 5.74) is -0.668. The van der Waals surface area contributed by atoms with E-state index in [1.807, 2.05) is 0 Å². The molecule has 0 fully saturated rings. The quantitative estimate of drug-likeness (QED) is 0.677. The van der Waals surface area contributed by atoms with Crippen molar-refractivity contribution >= 4 is 0 Å². The highest BCUT2D eigenvalue weighted by Crippen LogP contribution is 2.34. The zero-order valence-corrected chi connectivity index (χ0v) is 10.5. The molecule has 0 saturated carbocycles. The van der Waals surface area contributed by atoms with Gasteiger partial charge in [-0.2, -0.15) is 0 Å². The Labute approximate surface area is 111 Å². The van der Waals surface area contributed by atoms with Crippen molar-refractivity contribution in [3.63, 3.8) is 0 Å². The van der Waals surface area contributed by atoms with Crippen LogP contribution in [0, 0.1) is 0 Å². The van der Waals surface area contributed by atoms with Crippen LogP contribution >= 0.6 is 0 Å². The van der Waals surface area contributed by atoms with Gasteiger partial charge in [-0.05, 0) is 42.3 Å². The first-order valence-corrected chi connectivity index (χ1v) is 5.94. The zero-order chi connectivity index (χ0) is 14.0. The van der Waals surface area contributed by atoms with E-state index >= 15 is 0 Å². The summed E-state index contributed by atoms with van der Waals surface area (Å²) in [6.07, 6.45) is -1.05. The molecule has 4 nitrogen and oxygen atoms in total. The number of phenolic OH excluding ortho intramolecular Hbond substituents is 2. The average Bonchev–Trinajstić information content (AvgIpc) is 2.39. The first kappa shape index (κ1) is 13.4. The summed E-state index contributed by atoms with van der Waals surface area (Å²) in [6.45, 7) is 1.49. The number of benzene rings is 2. The summed E-state index contributed by atoms with van der Waals surface area (Å²) < 4.78 is 0. The molecule has 2 aromatic carbocycles. The zero-order valence-electron chi connectivity index (χ0n) is 10.5. The van der Waals surface area contributed by atoms with E-state index in [4.69, 9.17) is 0 Å². The van der Waals surface area contributed by atoms with E-state index in [2.05, 4.69) is 0 Å². The van der Waals surface area contributed by atoms with Gasteiger partial charge in [-0.3, -0.25) is 0 Å². The van der Waals surface area contributed by atoms with E-state index in [-0.39, 0.29) is 11.5 Å². The fraction of sp³-hybridized carbons (Fsp3) is 0.200. The largest absolute Gasteiger partial charge is 0.508 e. The molecule has 1 atom stereocenters. The van der Waals surface area contributed by atoms with Crippen LogP contribution in [-0.4, -0.2) is 26.5 Å². The van der Waals surface area contributed by atoms with Crippen LogP contribution in [-0.2, 0) is 5.60 Å². The van der Waals surface area contributed by atoms with Crippen LogP contribution in [0.2, 0.25) is 0 Å².